The number of ether oxygens (including phenoxy) is 1. The molecule has 0 fully saturated rings. The van der Waals surface area contributed by atoms with Crippen molar-refractivity contribution in [1.82, 2.24) is 4.98 Å². The molecule has 1 heterocycles. The molecule has 4 nitrogen and oxygen atoms in total. The summed E-state index contributed by atoms with van der Waals surface area (Å²) in [5, 5.41) is 2.58. The van der Waals surface area contributed by atoms with Crippen molar-refractivity contribution in [2.24, 2.45) is 5.92 Å². The molecule has 0 spiro atoms. The van der Waals surface area contributed by atoms with E-state index in [9.17, 15) is 8.60 Å². The van der Waals surface area contributed by atoms with E-state index in [1.54, 1.807) is 10.9 Å². The van der Waals surface area contributed by atoms with Gasteiger partial charge in [0.05, 0.1) is 22.0 Å². The Balaban J connectivity index is 1.47. The van der Waals surface area contributed by atoms with Gasteiger partial charge in [-0.15, -0.1) is 11.3 Å². The fraction of sp³-hybridized carbons (Fsp3) is 0.227. The largest absolute Gasteiger partial charge is 0.491 e. The summed E-state index contributed by atoms with van der Waals surface area (Å²) in [4.78, 5) is 3.94. The lowest BCUT2D eigenvalue weighted by molar-refractivity contribution is 0.267. The summed E-state index contributed by atoms with van der Waals surface area (Å²) in [6, 6.07) is 10.3. The van der Waals surface area contributed by atoms with Crippen LogP contribution in [0.3, 0.4) is 0 Å². The number of allylic oxidation sites excluding steroid dienone is 1. The number of nitrogens with zero attached hydrogens (tertiary/aromatic N) is 1. The minimum Gasteiger partial charge on any atom is -0.491 e. The Morgan fingerprint density at radius 1 is 1.26 bits per heavy atom. The van der Waals surface area contributed by atoms with Crippen molar-refractivity contribution in [2.75, 3.05) is 11.3 Å². The quantitative estimate of drug-likeness (QED) is 0.383. The van der Waals surface area contributed by atoms with E-state index in [1.165, 1.54) is 29.0 Å². The zero-order chi connectivity index (χ0) is 21.8. The summed E-state index contributed by atoms with van der Waals surface area (Å²) < 4.78 is 35.6. The molecule has 0 radical (unpaired) electrons. The molecule has 2 aromatic carbocycles. The highest BCUT2D eigenvalue weighted by atomic mass is 35.5. The summed E-state index contributed by atoms with van der Waals surface area (Å²) >= 11 is 13.7. The third kappa shape index (κ3) is 5.47. The normalized spacial score (nSPS) is 17.1. The van der Waals surface area contributed by atoms with E-state index in [0.717, 1.165) is 24.8 Å². The molecule has 4 rings (SSSR count). The molecule has 162 valence electrons. The first-order valence-corrected chi connectivity index (χ1v) is 12.5. The molecule has 9 heteroatoms. The molecular weight excluding hydrogens is 478 g/mol. The highest BCUT2D eigenvalue weighted by Gasteiger charge is 2.22. The molecule has 2 atom stereocenters. The minimum atomic E-state index is -1.82. The number of thiazole rings is 1. The summed E-state index contributed by atoms with van der Waals surface area (Å²) in [6.45, 7) is 0.368. The monoisotopic (exact) mass is 496 g/mol. The van der Waals surface area contributed by atoms with Crippen LogP contribution in [0.4, 0.5) is 10.2 Å². The van der Waals surface area contributed by atoms with Gasteiger partial charge in [0.15, 0.2) is 11.0 Å². The van der Waals surface area contributed by atoms with Crippen molar-refractivity contribution in [3.63, 3.8) is 0 Å². The van der Waals surface area contributed by atoms with E-state index in [1.807, 2.05) is 24.3 Å². The summed E-state index contributed by atoms with van der Waals surface area (Å²) in [7, 11) is -1.82. The molecular formula is C22H19Cl2FN2O2S2. The lowest BCUT2D eigenvalue weighted by Gasteiger charge is -2.25. The van der Waals surface area contributed by atoms with Crippen LogP contribution in [0.1, 0.15) is 24.8 Å². The van der Waals surface area contributed by atoms with E-state index < -0.39 is 16.8 Å². The second kappa shape index (κ2) is 10.1. The summed E-state index contributed by atoms with van der Waals surface area (Å²) in [5.74, 6) is 0.152. The number of aromatic nitrogens is 1. The van der Waals surface area contributed by atoms with Gasteiger partial charge in [-0.3, -0.25) is 4.72 Å². The lowest BCUT2D eigenvalue weighted by Crippen LogP contribution is -2.17. The van der Waals surface area contributed by atoms with Crippen LogP contribution in [-0.2, 0) is 11.0 Å². The number of rotatable bonds is 7. The van der Waals surface area contributed by atoms with Crippen LogP contribution in [0.2, 0.25) is 10.0 Å². The fourth-order valence-corrected chi connectivity index (χ4v) is 5.32. The van der Waals surface area contributed by atoms with Crippen LogP contribution in [0.25, 0.3) is 5.57 Å². The Morgan fingerprint density at radius 2 is 2.06 bits per heavy atom. The first-order chi connectivity index (χ1) is 15.0. The zero-order valence-corrected chi connectivity index (χ0v) is 19.5. The van der Waals surface area contributed by atoms with E-state index in [-0.39, 0.29) is 21.6 Å². The Bertz CT molecular complexity index is 1110. The third-order valence-electron chi connectivity index (χ3n) is 4.99. The number of hydrogen-bond acceptors (Lipinski definition) is 4. The molecule has 1 aromatic heterocycles. The second-order valence-electron chi connectivity index (χ2n) is 7.06. The molecule has 1 N–H and O–H groups in total. The van der Waals surface area contributed by atoms with Gasteiger partial charge in [0.1, 0.15) is 17.4 Å². The number of nitrogens with one attached hydrogen (secondary N) is 1. The van der Waals surface area contributed by atoms with E-state index >= 15 is 0 Å². The van der Waals surface area contributed by atoms with Crippen molar-refractivity contribution in [1.29, 1.82) is 0 Å². The predicted molar refractivity (Wildman–Crippen MR) is 126 cm³/mol. The molecule has 0 bridgehead atoms. The summed E-state index contributed by atoms with van der Waals surface area (Å²) in [6.07, 6.45) is 5.26. The highest BCUT2D eigenvalue weighted by Crippen LogP contribution is 2.35. The molecule has 0 saturated heterocycles. The number of anilines is 1. The van der Waals surface area contributed by atoms with Gasteiger partial charge in [0.2, 0.25) is 0 Å². The Labute approximate surface area is 196 Å². The van der Waals surface area contributed by atoms with Gasteiger partial charge in [-0.05, 0) is 48.6 Å². The highest BCUT2D eigenvalue weighted by molar-refractivity contribution is 7.86. The Hall–Kier alpha value is -1.93. The zero-order valence-electron chi connectivity index (χ0n) is 16.3. The molecule has 0 aliphatic heterocycles. The average Bonchev–Trinajstić information content (AvgIpc) is 3.28. The molecule has 31 heavy (non-hydrogen) atoms. The maximum atomic E-state index is 14.6. The van der Waals surface area contributed by atoms with Gasteiger partial charge in [0, 0.05) is 22.4 Å². The van der Waals surface area contributed by atoms with Gasteiger partial charge >= 0.3 is 0 Å². The number of halogens is 3. The van der Waals surface area contributed by atoms with Gasteiger partial charge in [-0.25, -0.2) is 13.6 Å². The van der Waals surface area contributed by atoms with Gasteiger partial charge in [-0.2, -0.15) is 0 Å². The van der Waals surface area contributed by atoms with Crippen LogP contribution >= 0.6 is 34.5 Å². The lowest BCUT2D eigenvalue weighted by atomic mass is 9.84. The SMILES string of the molecule is O=S(Nc1cscn1)c1cc(Cl)c(OCC2CCCC=C2c2ccc(Cl)cc2)cc1F. The van der Waals surface area contributed by atoms with Crippen molar-refractivity contribution in [3.8, 4) is 5.75 Å². The topological polar surface area (TPSA) is 51.2 Å². The van der Waals surface area contributed by atoms with E-state index in [4.69, 9.17) is 27.9 Å². The first kappa shape index (κ1) is 22.3. The van der Waals surface area contributed by atoms with Gasteiger partial charge in [0.25, 0.3) is 0 Å². The molecule has 2 unspecified atom stereocenters. The Kier molecular flexibility index (Phi) is 7.27. The molecule has 0 amide bonds. The maximum absolute atomic E-state index is 14.6. The minimum absolute atomic E-state index is 0.0511. The average molecular weight is 497 g/mol. The molecule has 0 saturated carbocycles. The maximum Gasteiger partial charge on any atom is 0.154 e. The molecule has 1 aliphatic rings. The first-order valence-electron chi connectivity index (χ1n) is 9.65. The van der Waals surface area contributed by atoms with E-state index in [0.29, 0.717) is 17.4 Å². The third-order valence-corrected chi connectivity index (χ3v) is 7.23. The number of benzene rings is 2. The van der Waals surface area contributed by atoms with Crippen molar-refractivity contribution >= 4 is 56.9 Å². The predicted octanol–water partition coefficient (Wildman–Crippen LogP) is 6.99. The van der Waals surface area contributed by atoms with Crippen molar-refractivity contribution in [3.05, 3.63) is 74.8 Å². The molecule has 1 aliphatic carbocycles. The van der Waals surface area contributed by atoms with Crippen molar-refractivity contribution in [2.45, 2.75) is 24.2 Å². The van der Waals surface area contributed by atoms with Crippen LogP contribution in [0.5, 0.6) is 5.75 Å². The van der Waals surface area contributed by atoms with Crippen molar-refractivity contribution < 1.29 is 13.3 Å². The second-order valence-corrected chi connectivity index (χ2v) is 9.81. The standard InChI is InChI=1S/C22H19Cl2FN2O2S2/c23-16-7-5-14(6-8-16)17-4-2-1-3-15(17)11-29-20-10-19(25)21(9-18(20)24)31(28)27-22-12-30-13-26-22/h4-10,12-13,15,27H,1-3,11H2. The Morgan fingerprint density at radius 3 is 2.81 bits per heavy atom. The van der Waals surface area contributed by atoms with Gasteiger partial charge < -0.3 is 4.74 Å². The molecule has 3 aromatic rings. The van der Waals surface area contributed by atoms with Crippen LogP contribution in [-0.4, -0.2) is 15.8 Å². The van der Waals surface area contributed by atoms with Crippen LogP contribution < -0.4 is 9.46 Å². The number of hydrogen-bond donors (Lipinski definition) is 1. The van der Waals surface area contributed by atoms with Gasteiger partial charge in [-0.1, -0.05) is 41.4 Å². The van der Waals surface area contributed by atoms with Crippen LogP contribution in [0, 0.1) is 11.7 Å². The fourth-order valence-electron chi connectivity index (χ4n) is 3.48. The van der Waals surface area contributed by atoms with Crippen LogP contribution in [0.15, 0.2) is 58.3 Å². The summed E-state index contributed by atoms with van der Waals surface area (Å²) in [5.41, 5.74) is 3.90. The van der Waals surface area contributed by atoms with E-state index in [2.05, 4.69) is 15.8 Å². The smallest absolute Gasteiger partial charge is 0.154 e.